The minimum atomic E-state index is -0.616. The number of rotatable bonds is 4. The second-order valence-corrected chi connectivity index (χ2v) is 6.86. The topological polar surface area (TPSA) is 45.2 Å². The third kappa shape index (κ3) is 4.38. The van der Waals surface area contributed by atoms with Crippen LogP contribution in [0.25, 0.3) is 11.3 Å². The van der Waals surface area contributed by atoms with E-state index in [1.165, 1.54) is 6.20 Å². The van der Waals surface area contributed by atoms with E-state index in [1.807, 2.05) is 0 Å². The maximum absolute atomic E-state index is 14.1. The summed E-state index contributed by atoms with van der Waals surface area (Å²) in [6, 6.07) is 10.6. The number of pyridine rings is 1. The Kier molecular flexibility index (Phi) is 6.39. The molecule has 2 aromatic carbocycles. The Morgan fingerprint density at radius 3 is 2.71 bits per heavy atom. The molecule has 0 aliphatic heterocycles. The predicted octanol–water partition coefficient (Wildman–Crippen LogP) is 5.89. The van der Waals surface area contributed by atoms with Crippen molar-refractivity contribution in [3.8, 4) is 11.3 Å². The van der Waals surface area contributed by atoms with Gasteiger partial charge in [-0.1, -0.05) is 48.1 Å². The summed E-state index contributed by atoms with van der Waals surface area (Å²) in [6.45, 7) is 0.00715. The molecule has 0 atom stereocenters. The molecular formula is C19H13Cl2F2N3OS. The minimum Gasteiger partial charge on any atom is -0.333 e. The molecule has 2 amide bonds. The first-order valence-corrected chi connectivity index (χ1v) is 9.14. The lowest BCUT2D eigenvalue weighted by atomic mass is 10.1. The molecule has 0 fully saturated rings. The predicted molar refractivity (Wildman–Crippen MR) is 110 cm³/mol. The molecular weight excluding hydrogens is 427 g/mol. The van der Waals surface area contributed by atoms with Crippen molar-refractivity contribution in [2.45, 2.75) is 6.54 Å². The second kappa shape index (κ2) is 8.77. The van der Waals surface area contributed by atoms with E-state index in [2.05, 4.69) is 23.1 Å². The molecule has 0 unspecified atom stereocenters. The van der Waals surface area contributed by atoms with E-state index in [4.69, 9.17) is 23.2 Å². The summed E-state index contributed by atoms with van der Waals surface area (Å²) >= 11 is 16.2. The number of carbonyl (C=O) groups excluding carboxylic acids is 1. The van der Waals surface area contributed by atoms with Crippen molar-refractivity contribution < 1.29 is 13.6 Å². The summed E-state index contributed by atoms with van der Waals surface area (Å²) in [4.78, 5) is 16.6. The summed E-state index contributed by atoms with van der Waals surface area (Å²) < 4.78 is 28.7. The van der Waals surface area contributed by atoms with Crippen LogP contribution in [-0.2, 0) is 6.54 Å². The number of halogens is 4. The SMILES string of the molecule is O=C(NCc1cccnc1-c1cc(F)ccc1F)N(S)c1cccc(Cl)c1Cl. The van der Waals surface area contributed by atoms with Crippen molar-refractivity contribution in [2.24, 2.45) is 0 Å². The zero-order chi connectivity index (χ0) is 20.3. The van der Waals surface area contributed by atoms with E-state index in [9.17, 15) is 13.6 Å². The summed E-state index contributed by atoms with van der Waals surface area (Å²) in [6.07, 6.45) is 1.46. The maximum atomic E-state index is 14.1. The van der Waals surface area contributed by atoms with Gasteiger partial charge in [0, 0.05) is 18.3 Å². The summed E-state index contributed by atoms with van der Waals surface area (Å²) in [5, 5.41) is 3.10. The van der Waals surface area contributed by atoms with Gasteiger partial charge in [-0.3, -0.25) is 4.98 Å². The van der Waals surface area contributed by atoms with Gasteiger partial charge in [0.15, 0.2) is 0 Å². The minimum absolute atomic E-state index is 0.00506. The molecule has 28 heavy (non-hydrogen) atoms. The van der Waals surface area contributed by atoms with Crippen LogP contribution in [0.15, 0.2) is 54.7 Å². The monoisotopic (exact) mass is 439 g/mol. The Bertz CT molecular complexity index is 1040. The van der Waals surface area contributed by atoms with Crippen molar-refractivity contribution in [3.05, 3.63) is 82.0 Å². The van der Waals surface area contributed by atoms with Crippen LogP contribution in [0.2, 0.25) is 10.0 Å². The number of nitrogens with zero attached hydrogens (tertiary/aromatic N) is 2. The van der Waals surface area contributed by atoms with E-state index < -0.39 is 17.7 Å². The van der Waals surface area contributed by atoms with E-state index >= 15 is 0 Å². The number of amides is 2. The van der Waals surface area contributed by atoms with Gasteiger partial charge in [0.2, 0.25) is 0 Å². The third-order valence-electron chi connectivity index (χ3n) is 3.86. The molecule has 9 heteroatoms. The number of carbonyl (C=O) groups is 1. The van der Waals surface area contributed by atoms with Crippen molar-refractivity contribution in [3.63, 3.8) is 0 Å². The van der Waals surface area contributed by atoms with Crippen LogP contribution in [0.3, 0.4) is 0 Å². The summed E-state index contributed by atoms with van der Waals surface area (Å²) in [5.74, 6) is -1.21. The first-order valence-electron chi connectivity index (χ1n) is 7.98. The number of nitrogens with one attached hydrogen (secondary N) is 1. The molecule has 144 valence electrons. The molecule has 0 aliphatic carbocycles. The first-order chi connectivity index (χ1) is 13.4. The molecule has 0 spiro atoms. The Balaban J connectivity index is 1.81. The highest BCUT2D eigenvalue weighted by atomic mass is 35.5. The third-order valence-corrected chi connectivity index (χ3v) is 5.06. The number of hydrogen-bond acceptors (Lipinski definition) is 3. The lowest BCUT2D eigenvalue weighted by Gasteiger charge is -2.19. The van der Waals surface area contributed by atoms with Gasteiger partial charge < -0.3 is 5.32 Å². The van der Waals surface area contributed by atoms with Gasteiger partial charge in [0.25, 0.3) is 0 Å². The van der Waals surface area contributed by atoms with Gasteiger partial charge in [0.1, 0.15) is 11.6 Å². The molecule has 4 nitrogen and oxygen atoms in total. The average molecular weight is 440 g/mol. The van der Waals surface area contributed by atoms with Crippen LogP contribution in [0, 0.1) is 11.6 Å². The van der Waals surface area contributed by atoms with Gasteiger partial charge in [-0.25, -0.2) is 17.9 Å². The van der Waals surface area contributed by atoms with E-state index in [0.29, 0.717) is 11.3 Å². The van der Waals surface area contributed by atoms with Gasteiger partial charge in [0.05, 0.1) is 21.4 Å². The molecule has 3 rings (SSSR count). The van der Waals surface area contributed by atoms with Crippen molar-refractivity contribution >= 4 is 47.7 Å². The average Bonchev–Trinajstić information content (AvgIpc) is 2.70. The number of urea groups is 1. The highest BCUT2D eigenvalue weighted by Crippen LogP contribution is 2.33. The largest absolute Gasteiger partial charge is 0.333 e. The van der Waals surface area contributed by atoms with E-state index in [-0.39, 0.29) is 27.8 Å². The van der Waals surface area contributed by atoms with Gasteiger partial charge >= 0.3 is 6.03 Å². The van der Waals surface area contributed by atoms with Crippen LogP contribution in [0.4, 0.5) is 19.3 Å². The smallest absolute Gasteiger partial charge is 0.332 e. The fourth-order valence-electron chi connectivity index (χ4n) is 2.51. The molecule has 0 bridgehead atoms. The Hall–Kier alpha value is -2.35. The first kappa shape index (κ1) is 20.4. The van der Waals surface area contributed by atoms with Gasteiger partial charge in [-0.2, -0.15) is 0 Å². The molecule has 1 heterocycles. The van der Waals surface area contributed by atoms with Crippen molar-refractivity contribution in [1.29, 1.82) is 0 Å². The van der Waals surface area contributed by atoms with Crippen molar-refractivity contribution in [1.82, 2.24) is 10.3 Å². The number of benzene rings is 2. The molecule has 0 saturated heterocycles. The zero-order valence-electron chi connectivity index (χ0n) is 14.2. The fraction of sp³-hybridized carbons (Fsp3) is 0.0526. The molecule has 0 aliphatic rings. The van der Waals surface area contributed by atoms with Crippen LogP contribution in [0.5, 0.6) is 0 Å². The second-order valence-electron chi connectivity index (χ2n) is 5.68. The van der Waals surface area contributed by atoms with Gasteiger partial charge in [-0.15, -0.1) is 0 Å². The fourth-order valence-corrected chi connectivity index (χ4v) is 3.19. The number of aromatic nitrogens is 1. The normalized spacial score (nSPS) is 10.6. The van der Waals surface area contributed by atoms with Crippen LogP contribution in [-0.4, -0.2) is 11.0 Å². The number of hydrogen-bond donors (Lipinski definition) is 2. The van der Waals surface area contributed by atoms with Crippen LogP contribution in [0.1, 0.15) is 5.56 Å². The Labute approximate surface area is 175 Å². The lowest BCUT2D eigenvalue weighted by molar-refractivity contribution is 0.249. The molecule has 1 aromatic heterocycles. The quantitative estimate of drug-likeness (QED) is 0.497. The highest BCUT2D eigenvalue weighted by Gasteiger charge is 2.18. The summed E-state index contributed by atoms with van der Waals surface area (Å²) in [7, 11) is 0. The molecule has 0 radical (unpaired) electrons. The standard InChI is InChI=1S/C19H13Cl2F2N3OS/c20-14-4-1-5-16(17(14)21)26(28)19(27)25-10-11-3-2-8-24-18(11)13-9-12(22)6-7-15(13)23/h1-9,28H,10H2,(H,25,27). The number of anilines is 1. The Morgan fingerprint density at radius 1 is 1.14 bits per heavy atom. The van der Waals surface area contributed by atoms with Crippen LogP contribution < -0.4 is 9.62 Å². The van der Waals surface area contributed by atoms with Crippen molar-refractivity contribution in [2.75, 3.05) is 4.31 Å². The highest BCUT2D eigenvalue weighted by molar-refractivity contribution is 7.82. The maximum Gasteiger partial charge on any atom is 0.332 e. The van der Waals surface area contributed by atoms with E-state index in [0.717, 1.165) is 22.5 Å². The van der Waals surface area contributed by atoms with E-state index in [1.54, 1.807) is 30.3 Å². The molecule has 0 saturated carbocycles. The molecule has 1 N–H and O–H groups in total. The number of thiol groups is 1. The van der Waals surface area contributed by atoms with Crippen LogP contribution >= 0.6 is 36.0 Å². The lowest BCUT2D eigenvalue weighted by Crippen LogP contribution is -2.33. The van der Waals surface area contributed by atoms with Gasteiger partial charge in [-0.05, 0) is 42.0 Å². The Morgan fingerprint density at radius 2 is 1.93 bits per heavy atom. The molecule has 3 aromatic rings. The zero-order valence-corrected chi connectivity index (χ0v) is 16.6. The summed E-state index contributed by atoms with van der Waals surface area (Å²) in [5.41, 5.74) is 1.04.